The van der Waals surface area contributed by atoms with Gasteiger partial charge in [0.1, 0.15) is 17.6 Å². The SMILES string of the molecule is CCc1ccc([C@H](C(=O)OC(C)(C)C)[C@@H](N)C(=O)O)cc1. The van der Waals surface area contributed by atoms with E-state index < -0.39 is 29.5 Å². The molecule has 0 aliphatic heterocycles. The fourth-order valence-corrected chi connectivity index (χ4v) is 1.96. The van der Waals surface area contributed by atoms with Crippen molar-refractivity contribution in [2.45, 2.75) is 51.7 Å². The molecular formula is C16H23NO4. The number of hydrogen-bond acceptors (Lipinski definition) is 4. The lowest BCUT2D eigenvalue weighted by molar-refractivity contribution is -0.160. The Morgan fingerprint density at radius 2 is 1.76 bits per heavy atom. The van der Waals surface area contributed by atoms with Gasteiger partial charge in [-0.1, -0.05) is 31.2 Å². The Balaban J connectivity index is 3.12. The minimum Gasteiger partial charge on any atom is -0.480 e. The van der Waals surface area contributed by atoms with Crippen LogP contribution in [0.3, 0.4) is 0 Å². The monoisotopic (exact) mass is 293 g/mol. The van der Waals surface area contributed by atoms with Gasteiger partial charge in [-0.3, -0.25) is 9.59 Å². The molecule has 0 fully saturated rings. The molecule has 1 aromatic rings. The van der Waals surface area contributed by atoms with Crippen molar-refractivity contribution in [1.82, 2.24) is 0 Å². The molecule has 5 heteroatoms. The lowest BCUT2D eigenvalue weighted by Crippen LogP contribution is -2.42. The van der Waals surface area contributed by atoms with Crippen molar-refractivity contribution in [2.75, 3.05) is 0 Å². The number of rotatable bonds is 5. The number of nitrogens with two attached hydrogens (primary N) is 1. The Morgan fingerprint density at radius 3 is 2.14 bits per heavy atom. The molecule has 0 saturated carbocycles. The van der Waals surface area contributed by atoms with Gasteiger partial charge in [-0.2, -0.15) is 0 Å². The van der Waals surface area contributed by atoms with E-state index in [1.165, 1.54) is 0 Å². The third-order valence-electron chi connectivity index (χ3n) is 3.05. The molecule has 116 valence electrons. The third-order valence-corrected chi connectivity index (χ3v) is 3.05. The number of carbonyl (C=O) groups is 2. The van der Waals surface area contributed by atoms with Crippen LogP contribution in [0.2, 0.25) is 0 Å². The largest absolute Gasteiger partial charge is 0.480 e. The number of ether oxygens (including phenoxy) is 1. The number of carboxylic acid groups (broad SMARTS) is 1. The van der Waals surface area contributed by atoms with E-state index in [9.17, 15) is 9.59 Å². The van der Waals surface area contributed by atoms with Crippen molar-refractivity contribution in [3.63, 3.8) is 0 Å². The lowest BCUT2D eigenvalue weighted by Gasteiger charge is -2.26. The molecule has 2 atom stereocenters. The number of hydrogen-bond donors (Lipinski definition) is 2. The molecule has 0 unspecified atom stereocenters. The molecular weight excluding hydrogens is 270 g/mol. The average molecular weight is 293 g/mol. The van der Waals surface area contributed by atoms with Gasteiger partial charge in [-0.15, -0.1) is 0 Å². The first-order valence-electron chi connectivity index (χ1n) is 6.95. The van der Waals surface area contributed by atoms with Gasteiger partial charge < -0.3 is 15.6 Å². The molecule has 5 nitrogen and oxygen atoms in total. The van der Waals surface area contributed by atoms with Gasteiger partial charge in [0.2, 0.25) is 0 Å². The van der Waals surface area contributed by atoms with E-state index in [0.717, 1.165) is 12.0 Å². The maximum atomic E-state index is 12.3. The summed E-state index contributed by atoms with van der Waals surface area (Å²) in [5.74, 6) is -2.88. The first kappa shape index (κ1) is 17.2. The predicted molar refractivity (Wildman–Crippen MR) is 80.0 cm³/mol. The Labute approximate surface area is 125 Å². The van der Waals surface area contributed by atoms with Crippen LogP contribution >= 0.6 is 0 Å². The summed E-state index contributed by atoms with van der Waals surface area (Å²) in [5.41, 5.74) is 6.64. The average Bonchev–Trinajstić information content (AvgIpc) is 2.37. The summed E-state index contributed by atoms with van der Waals surface area (Å²) in [7, 11) is 0. The lowest BCUT2D eigenvalue weighted by atomic mass is 9.91. The molecule has 0 aromatic heterocycles. The highest BCUT2D eigenvalue weighted by molar-refractivity contribution is 5.87. The summed E-state index contributed by atoms with van der Waals surface area (Å²) in [6, 6.07) is 5.85. The van der Waals surface area contributed by atoms with E-state index >= 15 is 0 Å². The second kappa shape index (κ2) is 6.72. The van der Waals surface area contributed by atoms with Crippen molar-refractivity contribution < 1.29 is 19.4 Å². The van der Waals surface area contributed by atoms with Crippen LogP contribution in [0.25, 0.3) is 0 Å². The van der Waals surface area contributed by atoms with Crippen LogP contribution in [0.4, 0.5) is 0 Å². The van der Waals surface area contributed by atoms with Crippen molar-refractivity contribution in [1.29, 1.82) is 0 Å². The minimum atomic E-state index is -1.34. The van der Waals surface area contributed by atoms with Crippen LogP contribution in [0.5, 0.6) is 0 Å². The van der Waals surface area contributed by atoms with Crippen molar-refractivity contribution >= 4 is 11.9 Å². The minimum absolute atomic E-state index is 0.552. The van der Waals surface area contributed by atoms with Gasteiger partial charge in [0, 0.05) is 0 Å². The first-order valence-corrected chi connectivity index (χ1v) is 6.95. The molecule has 0 aliphatic carbocycles. The van der Waals surface area contributed by atoms with Crippen LogP contribution in [0.1, 0.15) is 44.7 Å². The molecule has 0 amide bonds. The fourth-order valence-electron chi connectivity index (χ4n) is 1.96. The maximum Gasteiger partial charge on any atom is 0.321 e. The summed E-state index contributed by atoms with van der Waals surface area (Å²) in [4.78, 5) is 23.5. The van der Waals surface area contributed by atoms with Gasteiger partial charge in [-0.05, 0) is 38.3 Å². The van der Waals surface area contributed by atoms with E-state index in [1.807, 2.05) is 19.1 Å². The predicted octanol–water partition coefficient (Wildman–Crippen LogP) is 2.09. The second-order valence-corrected chi connectivity index (χ2v) is 5.97. The number of carbonyl (C=O) groups excluding carboxylic acids is 1. The van der Waals surface area contributed by atoms with E-state index in [-0.39, 0.29) is 0 Å². The Bertz CT molecular complexity index is 502. The maximum absolute atomic E-state index is 12.3. The summed E-state index contributed by atoms with van der Waals surface area (Å²) < 4.78 is 5.30. The van der Waals surface area contributed by atoms with Crippen LogP contribution in [-0.4, -0.2) is 28.7 Å². The topological polar surface area (TPSA) is 89.6 Å². The molecule has 0 radical (unpaired) electrons. The first-order chi connectivity index (χ1) is 9.65. The molecule has 0 spiro atoms. The van der Waals surface area contributed by atoms with E-state index in [0.29, 0.717) is 5.56 Å². The number of esters is 1. The Kier molecular flexibility index (Phi) is 5.49. The normalized spacial score (nSPS) is 14.3. The van der Waals surface area contributed by atoms with Crippen molar-refractivity contribution in [3.05, 3.63) is 35.4 Å². The zero-order valence-electron chi connectivity index (χ0n) is 12.9. The quantitative estimate of drug-likeness (QED) is 0.811. The number of carboxylic acids is 1. The summed E-state index contributed by atoms with van der Waals surface area (Å²) >= 11 is 0. The zero-order chi connectivity index (χ0) is 16.2. The highest BCUT2D eigenvalue weighted by Gasteiger charge is 2.35. The number of aryl methyl sites for hydroxylation is 1. The zero-order valence-corrected chi connectivity index (χ0v) is 12.9. The number of benzene rings is 1. The smallest absolute Gasteiger partial charge is 0.321 e. The van der Waals surface area contributed by atoms with E-state index in [2.05, 4.69) is 0 Å². The fraction of sp³-hybridized carbons (Fsp3) is 0.500. The van der Waals surface area contributed by atoms with Crippen molar-refractivity contribution in [3.8, 4) is 0 Å². The summed E-state index contributed by atoms with van der Waals surface area (Å²) in [6.45, 7) is 7.21. The van der Waals surface area contributed by atoms with Gasteiger partial charge in [0.15, 0.2) is 0 Å². The van der Waals surface area contributed by atoms with Gasteiger partial charge in [0.05, 0.1) is 0 Å². The van der Waals surface area contributed by atoms with Crippen LogP contribution in [0.15, 0.2) is 24.3 Å². The van der Waals surface area contributed by atoms with Crippen molar-refractivity contribution in [2.24, 2.45) is 5.73 Å². The molecule has 1 aromatic carbocycles. The Morgan fingerprint density at radius 1 is 1.24 bits per heavy atom. The molecule has 21 heavy (non-hydrogen) atoms. The highest BCUT2D eigenvalue weighted by Crippen LogP contribution is 2.24. The second-order valence-electron chi connectivity index (χ2n) is 5.97. The standard InChI is InChI=1S/C16H23NO4/c1-5-10-6-8-11(9-7-10)12(13(17)14(18)19)15(20)21-16(2,3)4/h6-9,12-13H,5,17H2,1-4H3,(H,18,19)/t12-,13+/m0/s1. The molecule has 0 aliphatic rings. The summed E-state index contributed by atoms with van der Waals surface area (Å²) in [5, 5.41) is 9.13. The molecule has 1 rings (SSSR count). The van der Waals surface area contributed by atoms with E-state index in [1.54, 1.807) is 32.9 Å². The van der Waals surface area contributed by atoms with Gasteiger partial charge in [0.25, 0.3) is 0 Å². The third kappa shape index (κ3) is 4.86. The van der Waals surface area contributed by atoms with Crippen LogP contribution in [0, 0.1) is 0 Å². The number of aliphatic carboxylic acids is 1. The van der Waals surface area contributed by atoms with E-state index in [4.69, 9.17) is 15.6 Å². The van der Waals surface area contributed by atoms with Crippen LogP contribution in [-0.2, 0) is 20.7 Å². The summed E-state index contributed by atoms with van der Waals surface area (Å²) in [6.07, 6.45) is 0.863. The molecule has 3 N–H and O–H groups in total. The van der Waals surface area contributed by atoms with Gasteiger partial charge in [-0.25, -0.2) is 0 Å². The van der Waals surface area contributed by atoms with Crippen LogP contribution < -0.4 is 5.73 Å². The molecule has 0 bridgehead atoms. The Hall–Kier alpha value is -1.88. The van der Waals surface area contributed by atoms with Gasteiger partial charge >= 0.3 is 11.9 Å². The molecule has 0 saturated heterocycles. The highest BCUT2D eigenvalue weighted by atomic mass is 16.6. The molecule has 0 heterocycles.